The van der Waals surface area contributed by atoms with E-state index in [9.17, 15) is 9.18 Å². The van der Waals surface area contributed by atoms with Gasteiger partial charge in [-0.05, 0) is 49.2 Å². The van der Waals surface area contributed by atoms with Crippen LogP contribution in [0.5, 0.6) is 0 Å². The molecule has 2 heterocycles. The van der Waals surface area contributed by atoms with Gasteiger partial charge in [0.25, 0.3) is 5.91 Å². The standard InChI is InChI=1S/C17H16FN3O2/c1-11-7-8-19-15(9-11)20-16(22)17(2)10-14(21-23-17)12-3-5-13(18)6-4-12/h3-9H,10H2,1-2H3,(H,19,20,22)/t17-/m1/s1. The third kappa shape index (κ3) is 3.21. The van der Waals surface area contributed by atoms with E-state index in [-0.39, 0.29) is 11.7 Å². The maximum absolute atomic E-state index is 13.0. The van der Waals surface area contributed by atoms with E-state index in [2.05, 4.69) is 15.5 Å². The number of benzene rings is 1. The summed E-state index contributed by atoms with van der Waals surface area (Å²) in [5.41, 5.74) is 1.22. The molecule has 1 aromatic carbocycles. The second-order valence-electron chi connectivity index (χ2n) is 5.72. The lowest BCUT2D eigenvalue weighted by Gasteiger charge is -2.20. The highest BCUT2D eigenvalue weighted by Gasteiger charge is 2.42. The number of hydrogen-bond acceptors (Lipinski definition) is 4. The zero-order chi connectivity index (χ0) is 16.4. The summed E-state index contributed by atoms with van der Waals surface area (Å²) in [6.45, 7) is 3.58. The molecule has 0 aliphatic carbocycles. The summed E-state index contributed by atoms with van der Waals surface area (Å²) in [6.07, 6.45) is 1.93. The van der Waals surface area contributed by atoms with E-state index >= 15 is 0 Å². The van der Waals surface area contributed by atoms with Crippen LogP contribution in [0, 0.1) is 12.7 Å². The molecule has 1 aliphatic rings. The molecule has 0 radical (unpaired) electrons. The predicted molar refractivity (Wildman–Crippen MR) is 84.6 cm³/mol. The highest BCUT2D eigenvalue weighted by atomic mass is 19.1. The number of rotatable bonds is 3. The highest BCUT2D eigenvalue weighted by Crippen LogP contribution is 2.28. The summed E-state index contributed by atoms with van der Waals surface area (Å²) in [4.78, 5) is 21.9. The molecule has 1 aliphatic heterocycles. The number of aromatic nitrogens is 1. The van der Waals surface area contributed by atoms with Crippen molar-refractivity contribution in [3.63, 3.8) is 0 Å². The van der Waals surface area contributed by atoms with Crippen molar-refractivity contribution in [3.8, 4) is 0 Å². The molecule has 1 amide bonds. The van der Waals surface area contributed by atoms with Crippen molar-refractivity contribution in [2.75, 3.05) is 5.32 Å². The molecule has 1 atom stereocenters. The molecule has 3 rings (SSSR count). The van der Waals surface area contributed by atoms with Crippen LogP contribution in [-0.4, -0.2) is 22.2 Å². The Morgan fingerprint density at radius 1 is 1.30 bits per heavy atom. The van der Waals surface area contributed by atoms with Gasteiger partial charge in [0, 0.05) is 12.6 Å². The van der Waals surface area contributed by atoms with E-state index in [1.165, 1.54) is 12.1 Å². The van der Waals surface area contributed by atoms with Gasteiger partial charge in [-0.2, -0.15) is 0 Å². The molecule has 0 fully saturated rings. The van der Waals surface area contributed by atoms with Crippen LogP contribution in [0.1, 0.15) is 24.5 Å². The summed E-state index contributed by atoms with van der Waals surface area (Å²) in [5, 5.41) is 6.72. The third-order valence-corrected chi connectivity index (χ3v) is 3.68. The number of anilines is 1. The maximum atomic E-state index is 13.0. The van der Waals surface area contributed by atoms with Crippen molar-refractivity contribution in [1.82, 2.24) is 4.98 Å². The largest absolute Gasteiger partial charge is 0.379 e. The zero-order valence-electron chi connectivity index (χ0n) is 12.8. The number of aryl methyl sites for hydroxylation is 1. The monoisotopic (exact) mass is 313 g/mol. The molecule has 1 aromatic heterocycles. The Hall–Kier alpha value is -2.76. The van der Waals surface area contributed by atoms with Crippen LogP contribution in [0.3, 0.4) is 0 Å². The fourth-order valence-electron chi connectivity index (χ4n) is 2.31. The molecule has 6 heteroatoms. The minimum Gasteiger partial charge on any atom is -0.379 e. The minimum absolute atomic E-state index is 0.302. The molecule has 118 valence electrons. The third-order valence-electron chi connectivity index (χ3n) is 3.68. The summed E-state index contributed by atoms with van der Waals surface area (Å²) < 4.78 is 13.0. The van der Waals surface area contributed by atoms with Crippen LogP contribution in [0.25, 0.3) is 0 Å². The smallest absolute Gasteiger partial charge is 0.272 e. The average molecular weight is 313 g/mol. The van der Waals surface area contributed by atoms with E-state index in [0.717, 1.165) is 11.1 Å². The SMILES string of the molecule is Cc1ccnc(NC(=O)[C@@]2(C)CC(c3ccc(F)cc3)=NO2)c1. The second kappa shape index (κ2) is 5.79. The van der Waals surface area contributed by atoms with E-state index in [0.29, 0.717) is 18.0 Å². The van der Waals surface area contributed by atoms with Gasteiger partial charge in [0.15, 0.2) is 0 Å². The van der Waals surface area contributed by atoms with Crippen LogP contribution >= 0.6 is 0 Å². The Morgan fingerprint density at radius 2 is 2.04 bits per heavy atom. The average Bonchev–Trinajstić information content (AvgIpc) is 2.92. The minimum atomic E-state index is -1.12. The van der Waals surface area contributed by atoms with Gasteiger partial charge >= 0.3 is 0 Å². The summed E-state index contributed by atoms with van der Waals surface area (Å²) >= 11 is 0. The number of nitrogens with zero attached hydrogens (tertiary/aromatic N) is 2. The molecule has 5 nitrogen and oxygen atoms in total. The fourth-order valence-corrected chi connectivity index (χ4v) is 2.31. The number of amides is 1. The van der Waals surface area contributed by atoms with Crippen LogP contribution in [-0.2, 0) is 9.63 Å². The lowest BCUT2D eigenvalue weighted by molar-refractivity contribution is -0.135. The Bertz CT molecular complexity index is 774. The topological polar surface area (TPSA) is 63.6 Å². The molecule has 23 heavy (non-hydrogen) atoms. The highest BCUT2D eigenvalue weighted by molar-refractivity contribution is 6.07. The lowest BCUT2D eigenvalue weighted by Crippen LogP contribution is -2.40. The van der Waals surface area contributed by atoms with E-state index in [4.69, 9.17) is 4.84 Å². The summed E-state index contributed by atoms with van der Waals surface area (Å²) in [6, 6.07) is 9.55. The van der Waals surface area contributed by atoms with Crippen molar-refractivity contribution in [1.29, 1.82) is 0 Å². The van der Waals surface area contributed by atoms with Gasteiger partial charge in [-0.25, -0.2) is 9.37 Å². The lowest BCUT2D eigenvalue weighted by atomic mass is 9.95. The predicted octanol–water partition coefficient (Wildman–Crippen LogP) is 3.05. The molecule has 1 N–H and O–H groups in total. The number of oxime groups is 1. The van der Waals surface area contributed by atoms with Crippen molar-refractivity contribution in [2.45, 2.75) is 25.9 Å². The van der Waals surface area contributed by atoms with Gasteiger partial charge in [0.1, 0.15) is 11.6 Å². The first-order valence-corrected chi connectivity index (χ1v) is 7.21. The zero-order valence-corrected chi connectivity index (χ0v) is 12.8. The van der Waals surface area contributed by atoms with Crippen LogP contribution in [0.4, 0.5) is 10.2 Å². The quantitative estimate of drug-likeness (QED) is 0.947. The van der Waals surface area contributed by atoms with Crippen molar-refractivity contribution in [2.24, 2.45) is 5.16 Å². The maximum Gasteiger partial charge on any atom is 0.272 e. The number of pyridine rings is 1. The molecule has 0 spiro atoms. The van der Waals surface area contributed by atoms with Crippen molar-refractivity contribution in [3.05, 3.63) is 59.5 Å². The molecular weight excluding hydrogens is 297 g/mol. The Kier molecular flexibility index (Phi) is 3.82. The van der Waals surface area contributed by atoms with Crippen molar-refractivity contribution < 1.29 is 14.0 Å². The van der Waals surface area contributed by atoms with Crippen molar-refractivity contribution >= 4 is 17.4 Å². The van der Waals surface area contributed by atoms with Gasteiger partial charge < -0.3 is 10.2 Å². The van der Waals surface area contributed by atoms with Crippen LogP contribution < -0.4 is 5.32 Å². The first-order valence-electron chi connectivity index (χ1n) is 7.21. The van der Waals surface area contributed by atoms with Crippen LogP contribution in [0.2, 0.25) is 0 Å². The number of halogens is 1. The van der Waals surface area contributed by atoms with Gasteiger partial charge in [-0.1, -0.05) is 17.3 Å². The molecular formula is C17H16FN3O2. The first-order chi connectivity index (χ1) is 11.0. The summed E-state index contributed by atoms with van der Waals surface area (Å²) in [5.74, 6) is -0.175. The number of carbonyl (C=O) groups excluding carboxylic acids is 1. The molecule has 0 bridgehead atoms. The Balaban J connectivity index is 1.71. The number of hydrogen-bond donors (Lipinski definition) is 1. The Morgan fingerprint density at radius 3 is 2.74 bits per heavy atom. The molecule has 0 saturated carbocycles. The van der Waals surface area contributed by atoms with Gasteiger partial charge in [0.05, 0.1) is 5.71 Å². The van der Waals surface area contributed by atoms with Gasteiger partial charge in [-0.3, -0.25) is 4.79 Å². The first kappa shape index (κ1) is 15.1. The molecule has 0 saturated heterocycles. The second-order valence-corrected chi connectivity index (χ2v) is 5.72. The van der Waals surface area contributed by atoms with E-state index in [1.807, 2.05) is 13.0 Å². The van der Waals surface area contributed by atoms with Gasteiger partial charge in [-0.15, -0.1) is 0 Å². The number of nitrogens with one attached hydrogen (secondary N) is 1. The van der Waals surface area contributed by atoms with Gasteiger partial charge in [0.2, 0.25) is 5.60 Å². The normalized spacial score (nSPS) is 19.9. The molecule has 2 aromatic rings. The summed E-state index contributed by atoms with van der Waals surface area (Å²) in [7, 11) is 0. The number of carbonyl (C=O) groups is 1. The van der Waals surface area contributed by atoms with E-state index in [1.54, 1.807) is 31.3 Å². The molecule has 0 unspecified atom stereocenters. The van der Waals surface area contributed by atoms with Crippen LogP contribution in [0.15, 0.2) is 47.8 Å². The van der Waals surface area contributed by atoms with E-state index < -0.39 is 5.60 Å². The fraction of sp³-hybridized carbons (Fsp3) is 0.235. The Labute approximate surface area is 133 Å².